The van der Waals surface area contributed by atoms with Gasteiger partial charge in [0.25, 0.3) is 5.91 Å². The van der Waals surface area contributed by atoms with Gasteiger partial charge in [-0.25, -0.2) is 9.69 Å². The molecule has 2 N–H and O–H groups in total. The Labute approximate surface area is 183 Å². The zero-order valence-corrected chi connectivity index (χ0v) is 19.0. The summed E-state index contributed by atoms with van der Waals surface area (Å²) in [7, 11) is 0. The Kier molecular flexibility index (Phi) is 5.31. The van der Waals surface area contributed by atoms with E-state index in [4.69, 9.17) is 0 Å². The van der Waals surface area contributed by atoms with Gasteiger partial charge in [0.15, 0.2) is 5.54 Å². The molecule has 2 atom stereocenters. The summed E-state index contributed by atoms with van der Waals surface area (Å²) in [4.78, 5) is 46.7. The Morgan fingerprint density at radius 3 is 2.55 bits per heavy atom. The van der Waals surface area contributed by atoms with Crippen molar-refractivity contribution in [2.24, 2.45) is 11.8 Å². The smallest absolute Gasteiger partial charge is 0.328 e. The minimum atomic E-state index is -1.13. The van der Waals surface area contributed by atoms with Crippen LogP contribution in [0.3, 0.4) is 0 Å². The van der Waals surface area contributed by atoms with Gasteiger partial charge in [-0.3, -0.25) is 9.59 Å². The number of hydrogen-bond donors (Lipinski definition) is 2. The van der Waals surface area contributed by atoms with Gasteiger partial charge in [-0.15, -0.1) is 0 Å². The topological polar surface area (TPSA) is 85.5 Å². The number of aromatic nitrogens is 1. The third-order valence-electron chi connectivity index (χ3n) is 6.49. The quantitative estimate of drug-likeness (QED) is 0.697. The molecule has 0 radical (unpaired) electrons. The maximum atomic E-state index is 13.8. The van der Waals surface area contributed by atoms with Gasteiger partial charge in [0.1, 0.15) is 6.04 Å². The maximum absolute atomic E-state index is 13.8. The SMILES string of the molecule is CC(C)CNC(=O)[C@@H](CC(C)C)N1C(=O)N2CCc3c([nH]c4ccccc34)[C@]2(C)C1=O. The van der Waals surface area contributed by atoms with Crippen LogP contribution in [0.15, 0.2) is 24.3 Å². The lowest BCUT2D eigenvalue weighted by Gasteiger charge is -2.36. The van der Waals surface area contributed by atoms with E-state index in [1.807, 2.05) is 52.0 Å². The van der Waals surface area contributed by atoms with Crippen molar-refractivity contribution in [3.05, 3.63) is 35.5 Å². The highest BCUT2D eigenvalue weighted by Gasteiger charge is 2.60. The number of para-hydroxylation sites is 1. The molecule has 166 valence electrons. The highest BCUT2D eigenvalue weighted by atomic mass is 16.2. The zero-order chi connectivity index (χ0) is 22.5. The van der Waals surface area contributed by atoms with Gasteiger partial charge in [-0.05, 0) is 43.2 Å². The second kappa shape index (κ2) is 7.70. The van der Waals surface area contributed by atoms with Gasteiger partial charge >= 0.3 is 6.03 Å². The first-order valence-corrected chi connectivity index (χ1v) is 11.2. The molecule has 0 spiro atoms. The number of nitrogens with zero attached hydrogens (tertiary/aromatic N) is 2. The van der Waals surface area contributed by atoms with E-state index >= 15 is 0 Å². The number of benzene rings is 1. The van der Waals surface area contributed by atoms with Crippen LogP contribution < -0.4 is 5.32 Å². The summed E-state index contributed by atoms with van der Waals surface area (Å²) < 4.78 is 0. The number of rotatable bonds is 6. The lowest BCUT2D eigenvalue weighted by molar-refractivity contribution is -0.140. The van der Waals surface area contributed by atoms with Gasteiger partial charge in [0, 0.05) is 24.0 Å². The summed E-state index contributed by atoms with van der Waals surface area (Å²) in [5.74, 6) is -0.143. The second-order valence-electron chi connectivity index (χ2n) is 9.74. The summed E-state index contributed by atoms with van der Waals surface area (Å²) in [6.07, 6.45) is 1.11. The van der Waals surface area contributed by atoms with Gasteiger partial charge in [-0.1, -0.05) is 45.9 Å². The number of aromatic amines is 1. The Morgan fingerprint density at radius 1 is 1.16 bits per heavy atom. The number of imide groups is 1. The third kappa shape index (κ3) is 3.30. The third-order valence-corrected chi connectivity index (χ3v) is 6.49. The molecule has 2 aliphatic rings. The Bertz CT molecular complexity index is 1040. The van der Waals surface area contributed by atoms with Crippen LogP contribution in [-0.2, 0) is 21.5 Å². The molecule has 4 amide bonds. The number of H-pyrrole nitrogens is 1. The Morgan fingerprint density at radius 2 is 1.87 bits per heavy atom. The van der Waals surface area contributed by atoms with Crippen LogP contribution in [-0.4, -0.2) is 51.8 Å². The van der Waals surface area contributed by atoms with Crippen molar-refractivity contribution in [1.29, 1.82) is 0 Å². The van der Waals surface area contributed by atoms with Gasteiger partial charge in [0.2, 0.25) is 5.91 Å². The fourth-order valence-electron chi connectivity index (χ4n) is 4.89. The summed E-state index contributed by atoms with van der Waals surface area (Å²) in [6, 6.07) is 6.79. The molecule has 1 saturated heterocycles. The van der Waals surface area contributed by atoms with Crippen LogP contribution in [0.1, 0.15) is 52.3 Å². The predicted octanol–water partition coefficient (Wildman–Crippen LogP) is 3.39. The molecule has 7 heteroatoms. The van der Waals surface area contributed by atoms with Crippen LogP contribution >= 0.6 is 0 Å². The van der Waals surface area contributed by atoms with Crippen LogP contribution in [0.5, 0.6) is 0 Å². The van der Waals surface area contributed by atoms with Gasteiger partial charge < -0.3 is 15.2 Å². The van der Waals surface area contributed by atoms with Crippen LogP contribution in [0.2, 0.25) is 0 Å². The van der Waals surface area contributed by atoms with Gasteiger partial charge in [-0.2, -0.15) is 0 Å². The number of urea groups is 1. The lowest BCUT2D eigenvalue weighted by Crippen LogP contribution is -2.52. The molecular formula is C24H32N4O3. The number of hydrogen-bond acceptors (Lipinski definition) is 3. The highest BCUT2D eigenvalue weighted by molar-refractivity contribution is 6.11. The van der Waals surface area contributed by atoms with Crippen molar-refractivity contribution in [2.75, 3.05) is 13.1 Å². The molecular weight excluding hydrogens is 392 g/mol. The number of fused-ring (bicyclic) bond motifs is 5. The molecule has 0 unspecified atom stereocenters. The summed E-state index contributed by atoms with van der Waals surface area (Å²) in [5.41, 5.74) is 1.69. The van der Waals surface area contributed by atoms with E-state index in [9.17, 15) is 14.4 Å². The van der Waals surface area contributed by atoms with Crippen molar-refractivity contribution >= 4 is 28.7 Å². The maximum Gasteiger partial charge on any atom is 0.328 e. The second-order valence-corrected chi connectivity index (χ2v) is 9.74. The Balaban J connectivity index is 1.75. The summed E-state index contributed by atoms with van der Waals surface area (Å²) in [6.45, 7) is 10.8. The fourth-order valence-corrected chi connectivity index (χ4v) is 4.89. The molecule has 1 aromatic heterocycles. The van der Waals surface area contributed by atoms with Crippen molar-refractivity contribution in [2.45, 2.75) is 59.0 Å². The van der Waals surface area contributed by atoms with E-state index in [-0.39, 0.29) is 29.7 Å². The zero-order valence-electron chi connectivity index (χ0n) is 19.0. The Hall–Kier alpha value is -2.83. The molecule has 1 fully saturated rings. The molecule has 31 heavy (non-hydrogen) atoms. The van der Waals surface area contributed by atoms with Crippen molar-refractivity contribution in [1.82, 2.24) is 20.1 Å². The van der Waals surface area contributed by atoms with Crippen molar-refractivity contribution < 1.29 is 14.4 Å². The van der Waals surface area contributed by atoms with E-state index in [1.165, 1.54) is 4.90 Å². The van der Waals surface area contributed by atoms with Crippen LogP contribution in [0.25, 0.3) is 10.9 Å². The van der Waals surface area contributed by atoms with Crippen LogP contribution in [0, 0.1) is 11.8 Å². The van der Waals surface area contributed by atoms with Gasteiger partial charge in [0.05, 0.1) is 5.69 Å². The molecule has 2 aromatic rings. The predicted molar refractivity (Wildman–Crippen MR) is 119 cm³/mol. The molecule has 3 heterocycles. The van der Waals surface area contributed by atoms with E-state index in [2.05, 4.69) is 10.3 Å². The fraction of sp³-hybridized carbons (Fsp3) is 0.542. The molecule has 1 aromatic carbocycles. The average Bonchev–Trinajstić information content (AvgIpc) is 3.19. The largest absolute Gasteiger partial charge is 0.356 e. The standard InChI is InChI=1S/C24H32N4O3/c1-14(2)12-19(21(29)25-13-15(3)4)28-22(30)24(5)20-17(10-11-27(24)23(28)31)16-8-6-7-9-18(16)26-20/h6-9,14-15,19,26H,10-13H2,1-5H3,(H,25,29)/t19-,24-/m1/s1. The lowest BCUT2D eigenvalue weighted by atomic mass is 9.86. The van der Waals surface area contributed by atoms with Crippen LogP contribution in [0.4, 0.5) is 4.79 Å². The summed E-state index contributed by atoms with van der Waals surface area (Å²) in [5, 5.41) is 4.02. The van der Waals surface area contributed by atoms with E-state index < -0.39 is 11.6 Å². The number of amides is 4. The minimum Gasteiger partial charge on any atom is -0.356 e. The molecule has 4 rings (SSSR count). The molecule has 7 nitrogen and oxygen atoms in total. The number of nitrogens with one attached hydrogen (secondary N) is 2. The molecule has 0 aliphatic carbocycles. The van der Waals surface area contributed by atoms with E-state index in [1.54, 1.807) is 11.8 Å². The minimum absolute atomic E-state index is 0.157. The first-order valence-electron chi connectivity index (χ1n) is 11.2. The number of carbonyl (C=O) groups is 3. The van der Waals surface area contributed by atoms with Crippen molar-refractivity contribution in [3.8, 4) is 0 Å². The monoisotopic (exact) mass is 424 g/mol. The normalized spacial score (nSPS) is 21.8. The highest BCUT2D eigenvalue weighted by Crippen LogP contribution is 2.44. The van der Waals surface area contributed by atoms with E-state index in [0.717, 1.165) is 22.2 Å². The molecule has 0 saturated carbocycles. The van der Waals surface area contributed by atoms with E-state index in [0.29, 0.717) is 25.9 Å². The average molecular weight is 425 g/mol. The summed E-state index contributed by atoms with van der Waals surface area (Å²) >= 11 is 0. The first-order chi connectivity index (χ1) is 14.7. The van der Waals surface area contributed by atoms with Crippen molar-refractivity contribution in [3.63, 3.8) is 0 Å². The first kappa shape index (κ1) is 21.4. The number of carbonyl (C=O) groups excluding carboxylic acids is 3. The molecule has 2 aliphatic heterocycles. The molecule has 0 bridgehead atoms.